The summed E-state index contributed by atoms with van der Waals surface area (Å²) in [4.78, 5) is 0. The van der Waals surface area contributed by atoms with Gasteiger partial charge in [0.15, 0.2) is 11.8 Å². The number of para-hydroxylation sites is 1. The lowest BCUT2D eigenvalue weighted by Crippen LogP contribution is -2.31. The Bertz CT molecular complexity index is 940. The molecule has 2 aromatic carbocycles. The fraction of sp³-hybridized carbons (Fsp3) is 0.519. The van der Waals surface area contributed by atoms with Crippen LogP contribution in [0.15, 0.2) is 36.4 Å². The van der Waals surface area contributed by atoms with Gasteiger partial charge in [-0.15, -0.1) is 0 Å². The molecule has 1 spiro atoms. The molecule has 0 saturated carbocycles. The number of hydrogen-bond acceptors (Lipinski definition) is 1. The lowest BCUT2D eigenvalue weighted by atomic mass is 9.77. The number of methoxy groups -OCH3 is 1. The van der Waals surface area contributed by atoms with E-state index >= 15 is 0 Å². The Morgan fingerprint density at radius 1 is 0.966 bits per heavy atom. The Morgan fingerprint density at radius 3 is 2.21 bits per heavy atom. The molecule has 1 unspecified atom stereocenters. The van der Waals surface area contributed by atoms with Gasteiger partial charge in [0.05, 0.1) is 12.5 Å². The topological polar surface area (TPSA) is 12.2 Å². The summed E-state index contributed by atoms with van der Waals surface area (Å²) < 4.78 is 8.21. The molecule has 2 nitrogen and oxygen atoms in total. The Labute approximate surface area is 176 Å². The minimum absolute atomic E-state index is 0.0688. The van der Waals surface area contributed by atoms with E-state index in [1.54, 1.807) is 7.11 Å². The maximum atomic E-state index is 5.58. The Morgan fingerprint density at radius 2 is 1.62 bits per heavy atom. The Kier molecular flexibility index (Phi) is 4.88. The summed E-state index contributed by atoms with van der Waals surface area (Å²) in [5.41, 5.74) is 7.49. The molecular weight excluding hydrogens is 354 g/mol. The maximum absolute atomic E-state index is 5.58. The summed E-state index contributed by atoms with van der Waals surface area (Å²) in [6, 6.07) is 13.6. The average Bonchev–Trinajstić information content (AvgIpc) is 3.16. The third-order valence-electron chi connectivity index (χ3n) is 7.05. The van der Waals surface area contributed by atoms with Gasteiger partial charge in [-0.25, -0.2) is 0 Å². The predicted octanol–water partition coefficient (Wildman–Crippen LogP) is 6.72. The maximum Gasteiger partial charge on any atom is 0.212 e. The standard InChI is InChI=1S/C27H36NO/c1-18(2)22-9-8-10-23(19(3)4)25(22)28-17-27(16-26(28,5)6)14-13-20-11-12-21(29-7)15-24(20)27/h8-12,15,17-19H,13-14,16H2,1-7H3/q+1. The molecule has 1 heterocycles. The van der Waals surface area contributed by atoms with Crippen LogP contribution in [-0.4, -0.2) is 23.4 Å². The summed E-state index contributed by atoms with van der Waals surface area (Å²) >= 11 is 0. The highest BCUT2D eigenvalue weighted by molar-refractivity contribution is 5.77. The largest absolute Gasteiger partial charge is 0.497 e. The van der Waals surface area contributed by atoms with E-state index in [0.29, 0.717) is 11.8 Å². The lowest BCUT2D eigenvalue weighted by molar-refractivity contribution is -0.513. The van der Waals surface area contributed by atoms with E-state index in [2.05, 4.69) is 88.7 Å². The molecule has 0 fully saturated rings. The van der Waals surface area contributed by atoms with Crippen molar-refractivity contribution in [3.05, 3.63) is 58.7 Å². The van der Waals surface area contributed by atoms with Crippen molar-refractivity contribution in [1.29, 1.82) is 0 Å². The van der Waals surface area contributed by atoms with Crippen molar-refractivity contribution in [2.45, 2.75) is 83.6 Å². The summed E-state index contributed by atoms with van der Waals surface area (Å²) in [6.45, 7) is 14.1. The molecule has 0 bridgehead atoms. The van der Waals surface area contributed by atoms with Crippen LogP contribution in [0.2, 0.25) is 0 Å². The zero-order valence-electron chi connectivity index (χ0n) is 19.2. The molecular formula is C27H36NO+. The van der Waals surface area contributed by atoms with Gasteiger partial charge in [-0.2, -0.15) is 4.58 Å². The van der Waals surface area contributed by atoms with Gasteiger partial charge in [0.2, 0.25) is 5.69 Å². The zero-order valence-corrected chi connectivity index (χ0v) is 19.2. The number of fused-ring (bicyclic) bond motifs is 2. The van der Waals surface area contributed by atoms with Crippen LogP contribution in [0, 0.1) is 0 Å². The molecule has 2 aromatic rings. The summed E-state index contributed by atoms with van der Waals surface area (Å²) in [5, 5.41) is 0. The molecule has 0 aromatic heterocycles. The van der Waals surface area contributed by atoms with Crippen LogP contribution in [-0.2, 0) is 11.8 Å². The highest BCUT2D eigenvalue weighted by atomic mass is 16.5. The zero-order chi connectivity index (χ0) is 21.0. The van der Waals surface area contributed by atoms with Crippen molar-refractivity contribution >= 4 is 11.9 Å². The van der Waals surface area contributed by atoms with E-state index in [0.717, 1.165) is 18.6 Å². The second kappa shape index (κ2) is 7.00. The lowest BCUT2D eigenvalue weighted by Gasteiger charge is -2.24. The fourth-order valence-corrected chi connectivity index (χ4v) is 5.66. The summed E-state index contributed by atoms with van der Waals surface area (Å²) in [7, 11) is 1.77. The van der Waals surface area contributed by atoms with Gasteiger partial charge in [-0.1, -0.05) is 52.0 Å². The Balaban J connectivity index is 1.94. The normalized spacial score (nSPS) is 22.4. The molecule has 1 aliphatic carbocycles. The highest BCUT2D eigenvalue weighted by Crippen LogP contribution is 2.51. The van der Waals surface area contributed by atoms with Gasteiger partial charge in [-0.05, 0) is 47.9 Å². The number of benzene rings is 2. The molecule has 29 heavy (non-hydrogen) atoms. The van der Waals surface area contributed by atoms with Crippen LogP contribution < -0.4 is 4.74 Å². The molecule has 1 atom stereocenters. The third kappa shape index (κ3) is 3.21. The molecule has 0 N–H and O–H groups in total. The highest BCUT2D eigenvalue weighted by Gasteiger charge is 2.55. The van der Waals surface area contributed by atoms with Crippen molar-refractivity contribution < 1.29 is 9.31 Å². The van der Waals surface area contributed by atoms with Gasteiger partial charge >= 0.3 is 0 Å². The summed E-state index contributed by atoms with van der Waals surface area (Å²) in [6.07, 6.45) is 6.06. The van der Waals surface area contributed by atoms with E-state index in [4.69, 9.17) is 4.74 Å². The number of nitrogens with zero attached hydrogens (tertiary/aromatic N) is 1. The van der Waals surface area contributed by atoms with Crippen LogP contribution in [0.5, 0.6) is 5.75 Å². The van der Waals surface area contributed by atoms with Crippen LogP contribution >= 0.6 is 0 Å². The quantitative estimate of drug-likeness (QED) is 0.528. The minimum atomic E-state index is 0.0688. The molecule has 0 radical (unpaired) electrons. The van der Waals surface area contributed by atoms with Gasteiger partial charge in [0, 0.05) is 31.4 Å². The van der Waals surface area contributed by atoms with E-state index in [-0.39, 0.29) is 11.0 Å². The number of aryl methyl sites for hydroxylation is 1. The van der Waals surface area contributed by atoms with Gasteiger partial charge in [-0.3, -0.25) is 0 Å². The van der Waals surface area contributed by atoms with E-state index in [1.807, 2.05) is 0 Å². The van der Waals surface area contributed by atoms with E-state index in [1.165, 1.54) is 34.4 Å². The van der Waals surface area contributed by atoms with Crippen molar-refractivity contribution in [3.63, 3.8) is 0 Å². The van der Waals surface area contributed by atoms with Crippen LogP contribution in [0.3, 0.4) is 0 Å². The summed E-state index contributed by atoms with van der Waals surface area (Å²) in [5.74, 6) is 1.97. The van der Waals surface area contributed by atoms with E-state index in [9.17, 15) is 0 Å². The number of ether oxygens (including phenoxy) is 1. The van der Waals surface area contributed by atoms with Gasteiger partial charge in [0.25, 0.3) is 0 Å². The van der Waals surface area contributed by atoms with Crippen molar-refractivity contribution in [2.24, 2.45) is 0 Å². The number of rotatable bonds is 4. The minimum Gasteiger partial charge on any atom is -0.497 e. The third-order valence-corrected chi connectivity index (χ3v) is 7.05. The molecule has 4 rings (SSSR count). The van der Waals surface area contributed by atoms with Crippen LogP contribution in [0.1, 0.15) is 88.5 Å². The van der Waals surface area contributed by atoms with E-state index < -0.39 is 0 Å². The molecule has 0 amide bonds. The van der Waals surface area contributed by atoms with Crippen LogP contribution in [0.25, 0.3) is 0 Å². The fourth-order valence-electron chi connectivity index (χ4n) is 5.66. The smallest absolute Gasteiger partial charge is 0.212 e. The van der Waals surface area contributed by atoms with Crippen molar-refractivity contribution in [3.8, 4) is 5.75 Å². The van der Waals surface area contributed by atoms with Gasteiger partial charge in [0.1, 0.15) is 5.75 Å². The molecule has 154 valence electrons. The Hall–Kier alpha value is -2.09. The molecule has 0 saturated heterocycles. The molecule has 2 heteroatoms. The first kappa shape index (κ1) is 20.2. The second-order valence-electron chi connectivity index (χ2n) is 10.3. The first-order valence-corrected chi connectivity index (χ1v) is 11.1. The molecule has 2 aliphatic rings. The second-order valence-corrected chi connectivity index (χ2v) is 10.3. The van der Waals surface area contributed by atoms with Crippen molar-refractivity contribution in [1.82, 2.24) is 0 Å². The predicted molar refractivity (Wildman–Crippen MR) is 122 cm³/mol. The molecule has 1 aliphatic heterocycles. The van der Waals surface area contributed by atoms with Crippen molar-refractivity contribution in [2.75, 3.05) is 7.11 Å². The van der Waals surface area contributed by atoms with Gasteiger partial charge < -0.3 is 4.74 Å². The first-order valence-electron chi connectivity index (χ1n) is 11.1. The average molecular weight is 391 g/mol. The number of hydrogen-bond donors (Lipinski definition) is 0. The first-order chi connectivity index (χ1) is 13.7. The SMILES string of the molecule is COc1ccc2c(c1)C1(C=[N+](c3c(C(C)C)cccc3C(C)C)C(C)(C)C1)CC2. The van der Waals surface area contributed by atoms with Crippen LogP contribution in [0.4, 0.5) is 5.69 Å². The monoisotopic (exact) mass is 390 g/mol.